The summed E-state index contributed by atoms with van der Waals surface area (Å²) in [5.41, 5.74) is 4.21. The Bertz CT molecular complexity index is 1340. The average molecular weight is 488 g/mol. The highest BCUT2D eigenvalue weighted by molar-refractivity contribution is 7.15. The molecule has 7 nitrogen and oxygen atoms in total. The molecular weight excluding hydrogens is 458 g/mol. The van der Waals surface area contributed by atoms with Gasteiger partial charge in [-0.1, -0.05) is 54.6 Å². The number of fused-ring (bicyclic) bond motifs is 1. The summed E-state index contributed by atoms with van der Waals surface area (Å²) in [6.45, 7) is 6.38. The van der Waals surface area contributed by atoms with Crippen LogP contribution in [0.2, 0.25) is 0 Å². The van der Waals surface area contributed by atoms with E-state index in [2.05, 4.69) is 56.5 Å². The second kappa shape index (κ2) is 10.5. The van der Waals surface area contributed by atoms with Gasteiger partial charge in [-0.3, -0.25) is 23.8 Å². The lowest BCUT2D eigenvalue weighted by Gasteiger charge is -2.34. The number of benzene rings is 2. The average Bonchev–Trinajstić information content (AvgIpc) is 3.35. The van der Waals surface area contributed by atoms with Crippen molar-refractivity contribution < 1.29 is 4.79 Å². The van der Waals surface area contributed by atoms with E-state index in [9.17, 15) is 9.59 Å². The van der Waals surface area contributed by atoms with E-state index in [4.69, 9.17) is 0 Å². The number of thiazole rings is 1. The molecule has 2 aromatic heterocycles. The van der Waals surface area contributed by atoms with Crippen LogP contribution < -0.4 is 10.9 Å². The first kappa shape index (κ1) is 23.4. The molecule has 1 aliphatic heterocycles. The zero-order chi connectivity index (χ0) is 24.2. The Balaban J connectivity index is 1.09. The van der Waals surface area contributed by atoms with E-state index in [0.29, 0.717) is 13.1 Å². The number of carbonyl (C=O) groups excluding carboxylic acids is 1. The van der Waals surface area contributed by atoms with E-state index in [1.54, 1.807) is 16.7 Å². The van der Waals surface area contributed by atoms with Crippen molar-refractivity contribution in [1.29, 1.82) is 0 Å². The maximum atomic E-state index is 12.7. The molecule has 0 radical (unpaired) electrons. The molecule has 8 heteroatoms. The van der Waals surface area contributed by atoms with Crippen molar-refractivity contribution in [2.24, 2.45) is 0 Å². The molecule has 1 amide bonds. The lowest BCUT2D eigenvalue weighted by molar-refractivity contribution is -0.123. The molecule has 0 bridgehead atoms. The topological polar surface area (TPSA) is 70.0 Å². The second-order valence-electron chi connectivity index (χ2n) is 8.97. The second-order valence-corrected chi connectivity index (χ2v) is 9.84. The first-order valence-electron chi connectivity index (χ1n) is 11.9. The lowest BCUT2D eigenvalue weighted by atomic mass is 10.0. The number of nitrogens with zero attached hydrogens (tertiary/aromatic N) is 4. The highest BCUT2D eigenvalue weighted by Crippen LogP contribution is 2.21. The number of nitrogens with one attached hydrogen (secondary N) is 1. The molecule has 1 aliphatic rings. The molecule has 0 spiro atoms. The molecular formula is C27H29N5O2S. The van der Waals surface area contributed by atoms with E-state index in [-0.39, 0.29) is 17.5 Å². The summed E-state index contributed by atoms with van der Waals surface area (Å²) in [6, 6.07) is 20.2. The predicted molar refractivity (Wildman–Crippen MR) is 139 cm³/mol. The molecule has 1 fully saturated rings. The highest BCUT2D eigenvalue weighted by Gasteiger charge is 2.20. The summed E-state index contributed by atoms with van der Waals surface area (Å²) < 4.78 is 1.57. The molecule has 3 heterocycles. The molecule has 2 aromatic carbocycles. The third-order valence-corrected chi connectivity index (χ3v) is 7.23. The van der Waals surface area contributed by atoms with Gasteiger partial charge in [0, 0.05) is 50.4 Å². The van der Waals surface area contributed by atoms with Crippen LogP contribution >= 0.6 is 11.3 Å². The molecule has 1 atom stereocenters. The Kier molecular flexibility index (Phi) is 7.03. The summed E-state index contributed by atoms with van der Waals surface area (Å²) in [7, 11) is 0. The van der Waals surface area contributed by atoms with Gasteiger partial charge in [-0.2, -0.15) is 0 Å². The van der Waals surface area contributed by atoms with Crippen LogP contribution in [0.15, 0.2) is 77.0 Å². The normalized spacial score (nSPS) is 15.8. The number of hydrogen-bond acceptors (Lipinski definition) is 6. The minimum absolute atomic E-state index is 0.0367. The smallest absolute Gasteiger partial charge is 0.258 e. The number of rotatable bonds is 7. The van der Waals surface area contributed by atoms with Gasteiger partial charge in [0.2, 0.25) is 5.91 Å². The number of amides is 1. The van der Waals surface area contributed by atoms with Crippen molar-refractivity contribution in [3.63, 3.8) is 0 Å². The quantitative estimate of drug-likeness (QED) is 0.433. The highest BCUT2D eigenvalue weighted by atomic mass is 32.1. The minimum atomic E-state index is -0.0500. The van der Waals surface area contributed by atoms with E-state index in [0.717, 1.165) is 42.4 Å². The SMILES string of the molecule is CC(NC(=O)CN1CCN(Cc2cc(=O)n3ccsc3n2)CC1)c1ccc(-c2ccccc2)cc1. The fraction of sp³-hybridized carbons (Fsp3) is 0.296. The zero-order valence-corrected chi connectivity index (χ0v) is 20.6. The van der Waals surface area contributed by atoms with Crippen molar-refractivity contribution in [2.45, 2.75) is 19.5 Å². The molecule has 0 aliphatic carbocycles. The standard InChI is InChI=1S/C27H29N5O2S/c1-20(21-7-9-23(10-8-21)22-5-3-2-4-6-22)28-25(33)19-31-13-11-30(12-14-31)18-24-17-26(34)32-15-16-35-27(32)29-24/h2-10,15-17,20H,11-14,18-19H2,1H3,(H,28,33). The van der Waals surface area contributed by atoms with Crippen LogP contribution in [0.5, 0.6) is 0 Å². The maximum Gasteiger partial charge on any atom is 0.258 e. The van der Waals surface area contributed by atoms with Gasteiger partial charge in [0.15, 0.2) is 4.96 Å². The van der Waals surface area contributed by atoms with Gasteiger partial charge in [-0.25, -0.2) is 4.98 Å². The Morgan fingerprint density at radius 1 is 1.00 bits per heavy atom. The van der Waals surface area contributed by atoms with Crippen molar-refractivity contribution in [3.8, 4) is 11.1 Å². The molecule has 1 unspecified atom stereocenters. The number of aromatic nitrogens is 2. The minimum Gasteiger partial charge on any atom is -0.348 e. The van der Waals surface area contributed by atoms with Gasteiger partial charge in [-0.05, 0) is 23.6 Å². The molecule has 35 heavy (non-hydrogen) atoms. The number of carbonyl (C=O) groups is 1. The van der Waals surface area contributed by atoms with Gasteiger partial charge < -0.3 is 5.32 Å². The molecule has 5 rings (SSSR count). The predicted octanol–water partition coefficient (Wildman–Crippen LogP) is 3.42. The zero-order valence-electron chi connectivity index (χ0n) is 19.8. The third-order valence-electron chi connectivity index (χ3n) is 6.47. The molecule has 180 valence electrons. The van der Waals surface area contributed by atoms with Crippen molar-refractivity contribution >= 4 is 22.2 Å². The van der Waals surface area contributed by atoms with Crippen LogP contribution in [0, 0.1) is 0 Å². The fourth-order valence-corrected chi connectivity index (χ4v) is 5.21. The first-order chi connectivity index (χ1) is 17.0. The Hall–Kier alpha value is -3.33. The summed E-state index contributed by atoms with van der Waals surface area (Å²) >= 11 is 1.47. The summed E-state index contributed by atoms with van der Waals surface area (Å²) in [5.74, 6) is 0.0379. The van der Waals surface area contributed by atoms with Crippen LogP contribution in [0.25, 0.3) is 16.1 Å². The van der Waals surface area contributed by atoms with Gasteiger partial charge in [0.1, 0.15) is 0 Å². The van der Waals surface area contributed by atoms with Crippen LogP contribution in [-0.4, -0.2) is 57.8 Å². The van der Waals surface area contributed by atoms with E-state index in [1.165, 1.54) is 22.5 Å². The van der Waals surface area contributed by atoms with Crippen LogP contribution in [0.3, 0.4) is 0 Å². The summed E-state index contributed by atoms with van der Waals surface area (Å²) in [6.07, 6.45) is 1.75. The Labute approximate surface area is 208 Å². The van der Waals surface area contributed by atoms with E-state index < -0.39 is 0 Å². The van der Waals surface area contributed by atoms with Gasteiger partial charge in [0.25, 0.3) is 5.56 Å². The van der Waals surface area contributed by atoms with E-state index >= 15 is 0 Å². The van der Waals surface area contributed by atoms with Gasteiger partial charge in [0.05, 0.1) is 18.3 Å². The van der Waals surface area contributed by atoms with Gasteiger partial charge >= 0.3 is 0 Å². The first-order valence-corrected chi connectivity index (χ1v) is 12.8. The van der Waals surface area contributed by atoms with Crippen molar-refractivity contribution in [3.05, 3.63) is 93.9 Å². The largest absolute Gasteiger partial charge is 0.348 e. The Morgan fingerprint density at radius 2 is 1.69 bits per heavy atom. The summed E-state index contributed by atoms with van der Waals surface area (Å²) in [5, 5.41) is 5.01. The lowest BCUT2D eigenvalue weighted by Crippen LogP contribution is -2.49. The molecule has 1 N–H and O–H groups in total. The Morgan fingerprint density at radius 3 is 2.43 bits per heavy atom. The van der Waals surface area contributed by atoms with Crippen LogP contribution in [0.4, 0.5) is 0 Å². The monoisotopic (exact) mass is 487 g/mol. The van der Waals surface area contributed by atoms with Crippen LogP contribution in [-0.2, 0) is 11.3 Å². The maximum absolute atomic E-state index is 12.7. The molecule has 0 saturated carbocycles. The van der Waals surface area contributed by atoms with Crippen LogP contribution in [0.1, 0.15) is 24.2 Å². The summed E-state index contributed by atoms with van der Waals surface area (Å²) in [4.78, 5) is 34.7. The van der Waals surface area contributed by atoms with E-state index in [1.807, 2.05) is 30.5 Å². The fourth-order valence-electron chi connectivity index (χ4n) is 4.47. The number of piperazine rings is 1. The number of hydrogen-bond donors (Lipinski definition) is 1. The van der Waals surface area contributed by atoms with Crippen molar-refractivity contribution in [1.82, 2.24) is 24.5 Å². The molecule has 1 saturated heterocycles. The molecule has 4 aromatic rings. The third kappa shape index (κ3) is 5.67. The van der Waals surface area contributed by atoms with Crippen molar-refractivity contribution in [2.75, 3.05) is 32.7 Å². The van der Waals surface area contributed by atoms with Gasteiger partial charge in [-0.15, -0.1) is 11.3 Å².